The van der Waals surface area contributed by atoms with E-state index < -0.39 is 0 Å². The zero-order valence-electron chi connectivity index (χ0n) is 6.94. The Morgan fingerprint density at radius 1 is 1.25 bits per heavy atom. The van der Waals surface area contributed by atoms with Gasteiger partial charge in [-0.05, 0) is 35.6 Å². The normalized spacial score (nSPS) is 10.1. The Bertz CT molecular complexity index is 201. The molecule has 0 aliphatic rings. The second kappa shape index (κ2) is 6.38. The molecule has 12 heavy (non-hydrogen) atoms. The zero-order chi connectivity index (χ0) is 8.65. The first kappa shape index (κ1) is 9.93. The number of aromatic nitrogens is 1. The van der Waals surface area contributed by atoms with Crippen molar-refractivity contribution < 1.29 is 0 Å². The number of nitrogens with zero attached hydrogens (tertiary/aromatic N) is 1. The molecule has 3 heteroatoms. The van der Waals surface area contributed by atoms with Crippen molar-refractivity contribution in [1.82, 2.24) is 4.98 Å². The second-order valence-electron chi connectivity index (χ2n) is 2.44. The Kier molecular flexibility index (Phi) is 5.28. The van der Waals surface area contributed by atoms with E-state index in [2.05, 4.69) is 29.7 Å². The molecule has 0 N–H and O–H groups in total. The van der Waals surface area contributed by atoms with Crippen molar-refractivity contribution in [3.63, 3.8) is 0 Å². The summed E-state index contributed by atoms with van der Waals surface area (Å²) >= 11 is 6.10. The number of aryl methyl sites for hydroxylation is 1. The summed E-state index contributed by atoms with van der Waals surface area (Å²) in [4.78, 5) is 3.97. The van der Waals surface area contributed by atoms with E-state index in [0.717, 1.165) is 17.9 Å². The third-order valence-corrected chi connectivity index (χ3v) is 3.03. The second-order valence-corrected chi connectivity index (χ2v) is 4.11. The van der Waals surface area contributed by atoms with Crippen molar-refractivity contribution >= 4 is 24.4 Å². The van der Waals surface area contributed by atoms with Crippen LogP contribution in [0, 0.1) is 0 Å². The molecule has 0 atom stereocenters. The number of thiol groups is 1. The van der Waals surface area contributed by atoms with Crippen LogP contribution in [0.5, 0.6) is 0 Å². The van der Waals surface area contributed by atoms with Gasteiger partial charge >= 0.3 is 0 Å². The molecule has 0 aromatic carbocycles. The summed E-state index contributed by atoms with van der Waals surface area (Å²) in [5, 5.41) is 0. The van der Waals surface area contributed by atoms with Gasteiger partial charge in [-0.15, -0.1) is 0 Å². The molecule has 66 valence electrons. The van der Waals surface area contributed by atoms with Crippen LogP contribution < -0.4 is 0 Å². The molecule has 0 unspecified atom stereocenters. The first-order chi connectivity index (χ1) is 5.93. The number of hydrogen-bond acceptors (Lipinski definition) is 3. The summed E-state index contributed by atoms with van der Waals surface area (Å²) < 4.78 is 0. The Morgan fingerprint density at radius 2 is 2.00 bits per heavy atom. The molecular formula is C9H13NS2. The number of hydrogen-bond donors (Lipinski definition) is 1. The van der Waals surface area contributed by atoms with Gasteiger partial charge in [-0.1, -0.05) is 0 Å². The fraction of sp³-hybridized carbons (Fsp3) is 0.444. The maximum absolute atomic E-state index is 4.15. The van der Waals surface area contributed by atoms with Crippen LogP contribution in [0.25, 0.3) is 0 Å². The number of thioether (sulfide) groups is 1. The van der Waals surface area contributed by atoms with Crippen molar-refractivity contribution in [2.24, 2.45) is 0 Å². The predicted molar refractivity (Wildman–Crippen MR) is 59.1 cm³/mol. The van der Waals surface area contributed by atoms with Crippen molar-refractivity contribution in [1.29, 1.82) is 0 Å². The summed E-state index contributed by atoms with van der Waals surface area (Å²) in [6.07, 6.45) is 4.83. The monoisotopic (exact) mass is 199 g/mol. The van der Waals surface area contributed by atoms with E-state index in [1.165, 1.54) is 11.3 Å². The van der Waals surface area contributed by atoms with Crippen molar-refractivity contribution in [2.75, 3.05) is 17.3 Å². The van der Waals surface area contributed by atoms with Gasteiger partial charge < -0.3 is 0 Å². The van der Waals surface area contributed by atoms with Crippen LogP contribution in [0.1, 0.15) is 5.56 Å². The van der Waals surface area contributed by atoms with Crippen LogP contribution >= 0.6 is 24.4 Å². The lowest BCUT2D eigenvalue weighted by Crippen LogP contribution is -1.90. The maximum atomic E-state index is 4.15. The van der Waals surface area contributed by atoms with Crippen molar-refractivity contribution in [2.45, 2.75) is 6.42 Å². The topological polar surface area (TPSA) is 12.9 Å². The van der Waals surface area contributed by atoms with Gasteiger partial charge in [0.25, 0.3) is 0 Å². The predicted octanol–water partition coefficient (Wildman–Crippen LogP) is 2.29. The Hall–Kier alpha value is -0.150. The molecule has 1 heterocycles. The van der Waals surface area contributed by atoms with Gasteiger partial charge in [-0.2, -0.15) is 24.4 Å². The van der Waals surface area contributed by atoms with Gasteiger partial charge in [-0.3, -0.25) is 4.98 Å². The molecule has 0 radical (unpaired) electrons. The third kappa shape index (κ3) is 4.02. The maximum Gasteiger partial charge on any atom is 0.0270 e. The van der Waals surface area contributed by atoms with E-state index in [-0.39, 0.29) is 0 Å². The number of pyridine rings is 1. The zero-order valence-corrected chi connectivity index (χ0v) is 8.65. The average molecular weight is 199 g/mol. The fourth-order valence-corrected chi connectivity index (χ4v) is 2.01. The molecule has 1 nitrogen and oxygen atoms in total. The van der Waals surface area contributed by atoms with E-state index in [1.54, 1.807) is 0 Å². The highest BCUT2D eigenvalue weighted by Crippen LogP contribution is 2.05. The Morgan fingerprint density at radius 3 is 2.67 bits per heavy atom. The van der Waals surface area contributed by atoms with Gasteiger partial charge in [-0.25, -0.2) is 0 Å². The highest BCUT2D eigenvalue weighted by Gasteiger charge is 1.91. The SMILES string of the molecule is SCCSCCc1ccncc1. The van der Waals surface area contributed by atoms with Gasteiger partial charge in [0, 0.05) is 18.1 Å². The summed E-state index contributed by atoms with van der Waals surface area (Å²) in [6, 6.07) is 4.14. The Balaban J connectivity index is 2.16. The first-order valence-electron chi connectivity index (χ1n) is 4.01. The van der Waals surface area contributed by atoms with E-state index in [9.17, 15) is 0 Å². The highest BCUT2D eigenvalue weighted by atomic mass is 32.2. The largest absolute Gasteiger partial charge is 0.265 e. The smallest absolute Gasteiger partial charge is 0.0270 e. The van der Waals surface area contributed by atoms with Crippen LogP contribution in [-0.2, 0) is 6.42 Å². The lowest BCUT2D eigenvalue weighted by molar-refractivity contribution is 1.13. The summed E-state index contributed by atoms with van der Waals surface area (Å²) in [5.41, 5.74) is 1.37. The molecule has 1 aromatic rings. The van der Waals surface area contributed by atoms with Crippen LogP contribution in [0.4, 0.5) is 0 Å². The van der Waals surface area contributed by atoms with Crippen molar-refractivity contribution in [3.05, 3.63) is 30.1 Å². The first-order valence-corrected chi connectivity index (χ1v) is 5.79. The molecule has 0 aliphatic carbocycles. The molecular weight excluding hydrogens is 186 g/mol. The van der Waals surface area contributed by atoms with Crippen LogP contribution in [0.2, 0.25) is 0 Å². The molecule has 0 saturated heterocycles. The lowest BCUT2D eigenvalue weighted by Gasteiger charge is -1.99. The Labute approximate surface area is 83.4 Å². The van der Waals surface area contributed by atoms with Gasteiger partial charge in [0.1, 0.15) is 0 Å². The molecule has 0 amide bonds. The minimum absolute atomic E-state index is 0.973. The lowest BCUT2D eigenvalue weighted by atomic mass is 10.2. The molecule has 0 aliphatic heterocycles. The quantitative estimate of drug-likeness (QED) is 0.577. The van der Waals surface area contributed by atoms with E-state index in [0.29, 0.717) is 0 Å². The molecule has 0 fully saturated rings. The highest BCUT2D eigenvalue weighted by molar-refractivity contribution is 7.99. The molecule has 0 bridgehead atoms. The summed E-state index contributed by atoms with van der Waals surface area (Å²) in [7, 11) is 0. The molecule has 0 spiro atoms. The van der Waals surface area contributed by atoms with Gasteiger partial charge in [0.15, 0.2) is 0 Å². The minimum Gasteiger partial charge on any atom is -0.265 e. The average Bonchev–Trinajstić information content (AvgIpc) is 2.14. The van der Waals surface area contributed by atoms with Gasteiger partial charge in [0.2, 0.25) is 0 Å². The van der Waals surface area contributed by atoms with E-state index in [1.807, 2.05) is 24.2 Å². The number of rotatable bonds is 5. The third-order valence-electron chi connectivity index (χ3n) is 1.52. The van der Waals surface area contributed by atoms with Gasteiger partial charge in [0.05, 0.1) is 0 Å². The van der Waals surface area contributed by atoms with Crippen LogP contribution in [-0.4, -0.2) is 22.2 Å². The fourth-order valence-electron chi connectivity index (χ4n) is 0.906. The molecule has 0 saturated carbocycles. The van der Waals surface area contributed by atoms with Crippen LogP contribution in [0.15, 0.2) is 24.5 Å². The van der Waals surface area contributed by atoms with Crippen LogP contribution in [0.3, 0.4) is 0 Å². The van der Waals surface area contributed by atoms with E-state index in [4.69, 9.17) is 0 Å². The summed E-state index contributed by atoms with van der Waals surface area (Å²) in [5.74, 6) is 3.31. The standard InChI is InChI=1S/C9H13NS2/c11-6-8-12-7-3-9-1-4-10-5-2-9/h1-2,4-5,11H,3,6-8H2. The minimum atomic E-state index is 0.973. The van der Waals surface area contributed by atoms with Crippen molar-refractivity contribution in [3.8, 4) is 0 Å². The molecule has 1 rings (SSSR count). The summed E-state index contributed by atoms with van der Waals surface area (Å²) in [6.45, 7) is 0. The molecule has 1 aromatic heterocycles. The van der Waals surface area contributed by atoms with E-state index >= 15 is 0 Å².